The third-order valence-corrected chi connectivity index (χ3v) is 2.33. The number of benzene rings is 1. The molecular weight excluding hydrogens is 252 g/mol. The van der Waals surface area contributed by atoms with Crippen LogP contribution in [0.2, 0.25) is 0 Å². The molecule has 0 aliphatic rings. The Morgan fingerprint density at radius 1 is 1.39 bits per heavy atom. The van der Waals surface area contributed by atoms with Crippen LogP contribution in [0.1, 0.15) is 24.2 Å². The quantitative estimate of drug-likeness (QED) is 0.386. The minimum atomic E-state index is -0.329. The smallest absolute Gasteiger partial charge is 0.338 e. The molecule has 0 spiro atoms. The molecule has 0 aromatic heterocycles. The van der Waals surface area contributed by atoms with Crippen LogP contribution >= 0.6 is 11.6 Å². The number of hydrogen-bond acceptors (Lipinski definition) is 3. The van der Waals surface area contributed by atoms with Crippen LogP contribution in [0.15, 0.2) is 29.3 Å². The van der Waals surface area contributed by atoms with Gasteiger partial charge in [-0.15, -0.1) is 11.6 Å². The number of carbonyl (C=O) groups excluding carboxylic acids is 1. The average Bonchev–Trinajstić information content (AvgIpc) is 2.36. The summed E-state index contributed by atoms with van der Waals surface area (Å²) < 4.78 is 5.11. The van der Waals surface area contributed by atoms with Gasteiger partial charge in [-0.25, -0.2) is 9.79 Å². The van der Waals surface area contributed by atoms with Crippen molar-refractivity contribution >= 4 is 29.1 Å². The van der Waals surface area contributed by atoms with Crippen molar-refractivity contribution in [1.82, 2.24) is 0 Å². The van der Waals surface area contributed by atoms with Crippen molar-refractivity contribution in [3.8, 4) is 0 Å². The summed E-state index contributed by atoms with van der Waals surface area (Å²) in [4.78, 5) is 15.7. The number of esters is 1. The zero-order chi connectivity index (χ0) is 13.5. The van der Waals surface area contributed by atoms with Gasteiger partial charge in [0.05, 0.1) is 23.7 Å². The predicted molar refractivity (Wildman–Crippen MR) is 73.6 cm³/mol. The molecule has 0 saturated heterocycles. The lowest BCUT2D eigenvalue weighted by Gasteiger charge is -2.07. The second-order valence-electron chi connectivity index (χ2n) is 4.28. The molecule has 0 aliphatic heterocycles. The van der Waals surface area contributed by atoms with Crippen molar-refractivity contribution < 1.29 is 9.53 Å². The van der Waals surface area contributed by atoms with Crippen LogP contribution < -0.4 is 5.73 Å². The maximum absolute atomic E-state index is 11.6. The summed E-state index contributed by atoms with van der Waals surface area (Å²) in [5, 5.41) is 0. The Kier molecular flexibility index (Phi) is 5.65. The van der Waals surface area contributed by atoms with E-state index in [0.29, 0.717) is 29.6 Å². The first-order chi connectivity index (χ1) is 8.52. The molecule has 0 amide bonds. The summed E-state index contributed by atoms with van der Waals surface area (Å²) in [5.41, 5.74) is 6.67. The minimum absolute atomic E-state index is 0.179. The Morgan fingerprint density at radius 3 is 2.50 bits per heavy atom. The van der Waals surface area contributed by atoms with E-state index in [1.807, 2.05) is 13.8 Å². The van der Waals surface area contributed by atoms with Gasteiger partial charge < -0.3 is 10.5 Å². The predicted octanol–water partition coefficient (Wildman–Crippen LogP) is 2.73. The Morgan fingerprint density at radius 2 is 2.00 bits per heavy atom. The van der Waals surface area contributed by atoms with Crippen LogP contribution in [0.5, 0.6) is 0 Å². The van der Waals surface area contributed by atoms with Gasteiger partial charge in [-0.2, -0.15) is 0 Å². The monoisotopic (exact) mass is 268 g/mol. The molecule has 18 heavy (non-hydrogen) atoms. The molecule has 0 saturated carbocycles. The molecule has 98 valence electrons. The maximum Gasteiger partial charge on any atom is 0.338 e. The molecule has 0 bridgehead atoms. The van der Waals surface area contributed by atoms with Gasteiger partial charge >= 0.3 is 5.97 Å². The highest BCUT2D eigenvalue weighted by molar-refractivity contribution is 6.28. The largest absolute Gasteiger partial charge is 0.462 e. The van der Waals surface area contributed by atoms with Crippen molar-refractivity contribution in [2.24, 2.45) is 16.6 Å². The molecule has 2 N–H and O–H groups in total. The van der Waals surface area contributed by atoms with Gasteiger partial charge in [-0.05, 0) is 30.2 Å². The Labute approximate surface area is 112 Å². The van der Waals surface area contributed by atoms with Gasteiger partial charge in [0.25, 0.3) is 0 Å². The third kappa shape index (κ3) is 4.75. The Hall–Kier alpha value is -1.55. The summed E-state index contributed by atoms with van der Waals surface area (Å²) in [7, 11) is 0. The van der Waals surface area contributed by atoms with Crippen LogP contribution in [0.25, 0.3) is 0 Å². The molecule has 1 aromatic rings. The number of nitrogens with two attached hydrogens (primary N) is 1. The SMILES string of the molecule is CC(C)COC(=O)c1ccc(N=C(N)CCl)cc1. The second-order valence-corrected chi connectivity index (χ2v) is 4.54. The van der Waals surface area contributed by atoms with E-state index in [1.54, 1.807) is 24.3 Å². The van der Waals surface area contributed by atoms with Crippen molar-refractivity contribution in [3.63, 3.8) is 0 Å². The fraction of sp³-hybridized carbons (Fsp3) is 0.385. The summed E-state index contributed by atoms with van der Waals surface area (Å²) >= 11 is 5.52. The highest BCUT2D eigenvalue weighted by Crippen LogP contribution is 2.14. The molecule has 0 atom stereocenters. The number of carbonyl (C=O) groups is 1. The topological polar surface area (TPSA) is 64.7 Å². The second kappa shape index (κ2) is 7.01. The lowest BCUT2D eigenvalue weighted by molar-refractivity contribution is 0.0459. The van der Waals surface area contributed by atoms with Crippen LogP contribution in [0.3, 0.4) is 0 Å². The van der Waals surface area contributed by atoms with Gasteiger partial charge in [-0.3, -0.25) is 0 Å². The van der Waals surface area contributed by atoms with Crippen molar-refractivity contribution in [1.29, 1.82) is 0 Å². The van der Waals surface area contributed by atoms with Gasteiger partial charge in [0, 0.05) is 0 Å². The van der Waals surface area contributed by atoms with E-state index >= 15 is 0 Å². The zero-order valence-corrected chi connectivity index (χ0v) is 11.3. The molecule has 0 aliphatic carbocycles. The van der Waals surface area contributed by atoms with Gasteiger partial charge in [0.1, 0.15) is 5.84 Å². The van der Waals surface area contributed by atoms with Crippen LogP contribution in [-0.4, -0.2) is 24.3 Å². The molecule has 1 rings (SSSR count). The van der Waals surface area contributed by atoms with E-state index in [4.69, 9.17) is 22.1 Å². The molecule has 1 aromatic carbocycles. The summed E-state index contributed by atoms with van der Waals surface area (Å²) in [6.07, 6.45) is 0. The van der Waals surface area contributed by atoms with E-state index < -0.39 is 0 Å². The molecule has 0 unspecified atom stereocenters. The first-order valence-corrected chi connectivity index (χ1v) is 6.22. The highest BCUT2D eigenvalue weighted by atomic mass is 35.5. The van der Waals surface area contributed by atoms with Crippen LogP contribution in [0.4, 0.5) is 5.69 Å². The number of hydrogen-bond donors (Lipinski definition) is 1. The third-order valence-electron chi connectivity index (χ3n) is 2.06. The standard InChI is InChI=1S/C13H17ClN2O2/c1-9(2)8-18-13(17)10-3-5-11(6-4-10)16-12(15)7-14/h3-6,9H,7-8H2,1-2H3,(H2,15,16). The fourth-order valence-corrected chi connectivity index (χ4v) is 1.25. The first kappa shape index (κ1) is 14.5. The number of nitrogens with zero attached hydrogens (tertiary/aromatic N) is 1. The Bertz CT molecular complexity index is 427. The number of amidine groups is 1. The van der Waals surface area contributed by atoms with Crippen molar-refractivity contribution in [2.45, 2.75) is 13.8 Å². The van der Waals surface area contributed by atoms with E-state index in [2.05, 4.69) is 4.99 Å². The number of aliphatic imine (C=N–C) groups is 1. The number of ether oxygens (including phenoxy) is 1. The Balaban J connectivity index is 2.68. The zero-order valence-electron chi connectivity index (χ0n) is 10.5. The molecule has 0 fully saturated rings. The van der Waals surface area contributed by atoms with Gasteiger partial charge in [0.15, 0.2) is 0 Å². The van der Waals surface area contributed by atoms with Gasteiger partial charge in [0.2, 0.25) is 0 Å². The van der Waals surface area contributed by atoms with Crippen LogP contribution in [0, 0.1) is 5.92 Å². The molecular formula is C13H17ClN2O2. The molecule has 0 heterocycles. The van der Waals surface area contributed by atoms with Gasteiger partial charge in [-0.1, -0.05) is 13.8 Å². The molecule has 4 nitrogen and oxygen atoms in total. The normalized spacial score (nSPS) is 11.7. The lowest BCUT2D eigenvalue weighted by Crippen LogP contribution is -2.12. The van der Waals surface area contributed by atoms with E-state index in [1.165, 1.54) is 0 Å². The van der Waals surface area contributed by atoms with Crippen LogP contribution in [-0.2, 0) is 4.74 Å². The number of alkyl halides is 1. The summed E-state index contributed by atoms with van der Waals surface area (Å²) in [6, 6.07) is 6.71. The first-order valence-electron chi connectivity index (χ1n) is 5.69. The lowest BCUT2D eigenvalue weighted by atomic mass is 10.2. The minimum Gasteiger partial charge on any atom is -0.462 e. The number of rotatable bonds is 5. The van der Waals surface area contributed by atoms with Crippen molar-refractivity contribution in [2.75, 3.05) is 12.5 Å². The highest BCUT2D eigenvalue weighted by Gasteiger charge is 2.07. The summed E-state index contributed by atoms with van der Waals surface area (Å²) in [6.45, 7) is 4.39. The van der Waals surface area contributed by atoms with E-state index in [9.17, 15) is 4.79 Å². The fourth-order valence-electron chi connectivity index (χ4n) is 1.19. The summed E-state index contributed by atoms with van der Waals surface area (Å²) in [5.74, 6) is 0.510. The van der Waals surface area contributed by atoms with E-state index in [-0.39, 0.29) is 11.8 Å². The molecule has 0 radical (unpaired) electrons. The van der Waals surface area contributed by atoms with Crippen molar-refractivity contribution in [3.05, 3.63) is 29.8 Å². The average molecular weight is 269 g/mol. The number of halogens is 1. The molecule has 5 heteroatoms. The van der Waals surface area contributed by atoms with E-state index in [0.717, 1.165) is 0 Å². The maximum atomic E-state index is 11.6.